The molecule has 0 saturated heterocycles. The average molecular weight is 254 g/mol. The number of esters is 1. The summed E-state index contributed by atoms with van der Waals surface area (Å²) in [5.41, 5.74) is 0.640. The summed E-state index contributed by atoms with van der Waals surface area (Å²) in [6, 6.07) is 0. The first kappa shape index (κ1) is 15.2. The average Bonchev–Trinajstić information content (AvgIpc) is 2.62. The SMILES string of the molecule is CCCCCCCC[C@@H](O)CC1=C[C@H](C)OC1=O. The van der Waals surface area contributed by atoms with Gasteiger partial charge in [-0.15, -0.1) is 0 Å². The molecule has 2 atom stereocenters. The van der Waals surface area contributed by atoms with Crippen molar-refractivity contribution >= 4 is 5.97 Å². The van der Waals surface area contributed by atoms with E-state index in [0.29, 0.717) is 12.0 Å². The van der Waals surface area contributed by atoms with Crippen molar-refractivity contribution in [3.8, 4) is 0 Å². The Labute approximate surface area is 110 Å². The molecule has 0 bridgehead atoms. The predicted octanol–water partition coefficient (Wildman–Crippen LogP) is 3.36. The van der Waals surface area contributed by atoms with E-state index in [2.05, 4.69) is 6.92 Å². The van der Waals surface area contributed by atoms with E-state index in [4.69, 9.17) is 4.74 Å². The highest BCUT2D eigenvalue weighted by Gasteiger charge is 2.23. The van der Waals surface area contributed by atoms with E-state index in [-0.39, 0.29) is 12.1 Å². The minimum absolute atomic E-state index is 0.131. The summed E-state index contributed by atoms with van der Waals surface area (Å²) in [5, 5.41) is 9.87. The molecule has 0 aromatic carbocycles. The first-order valence-electron chi connectivity index (χ1n) is 7.23. The highest BCUT2D eigenvalue weighted by atomic mass is 16.5. The van der Waals surface area contributed by atoms with Gasteiger partial charge in [-0.1, -0.05) is 45.4 Å². The van der Waals surface area contributed by atoms with Crippen molar-refractivity contribution in [3.05, 3.63) is 11.6 Å². The lowest BCUT2D eigenvalue weighted by atomic mass is 10.0. The molecule has 0 radical (unpaired) electrons. The van der Waals surface area contributed by atoms with Gasteiger partial charge in [-0.05, 0) is 19.4 Å². The van der Waals surface area contributed by atoms with Crippen LogP contribution in [0.15, 0.2) is 11.6 Å². The third kappa shape index (κ3) is 5.67. The summed E-state index contributed by atoms with van der Waals surface area (Å²) < 4.78 is 5.00. The lowest BCUT2D eigenvalue weighted by Crippen LogP contribution is -2.11. The Hall–Kier alpha value is -0.830. The van der Waals surface area contributed by atoms with Crippen LogP contribution in [0.4, 0.5) is 0 Å². The lowest BCUT2D eigenvalue weighted by Gasteiger charge is -2.09. The maximum absolute atomic E-state index is 11.4. The molecule has 0 aliphatic carbocycles. The summed E-state index contributed by atoms with van der Waals surface area (Å²) in [7, 11) is 0. The van der Waals surface area contributed by atoms with Crippen LogP contribution in [0, 0.1) is 0 Å². The zero-order chi connectivity index (χ0) is 13.4. The minimum Gasteiger partial charge on any atom is -0.455 e. The third-order valence-electron chi connectivity index (χ3n) is 3.34. The second kappa shape index (κ2) is 8.30. The Kier molecular flexibility index (Phi) is 7.02. The van der Waals surface area contributed by atoms with Crippen molar-refractivity contribution in [2.24, 2.45) is 0 Å². The van der Waals surface area contributed by atoms with Gasteiger partial charge in [-0.2, -0.15) is 0 Å². The predicted molar refractivity (Wildman–Crippen MR) is 72.3 cm³/mol. The molecule has 0 spiro atoms. The fraction of sp³-hybridized carbons (Fsp3) is 0.800. The first-order valence-corrected chi connectivity index (χ1v) is 7.23. The van der Waals surface area contributed by atoms with E-state index < -0.39 is 6.10 Å². The van der Waals surface area contributed by atoms with Crippen molar-refractivity contribution in [2.75, 3.05) is 0 Å². The molecule has 0 amide bonds. The largest absolute Gasteiger partial charge is 0.455 e. The van der Waals surface area contributed by atoms with E-state index in [1.807, 2.05) is 13.0 Å². The molecule has 0 fully saturated rings. The molecule has 18 heavy (non-hydrogen) atoms. The van der Waals surface area contributed by atoms with Gasteiger partial charge >= 0.3 is 5.97 Å². The monoisotopic (exact) mass is 254 g/mol. The quantitative estimate of drug-likeness (QED) is 0.507. The Balaban J connectivity index is 2.09. The van der Waals surface area contributed by atoms with Crippen molar-refractivity contribution < 1.29 is 14.6 Å². The molecule has 0 aromatic heterocycles. The Morgan fingerprint density at radius 2 is 1.94 bits per heavy atom. The van der Waals surface area contributed by atoms with E-state index in [1.165, 1.54) is 32.1 Å². The fourth-order valence-electron chi connectivity index (χ4n) is 2.30. The minimum atomic E-state index is -0.403. The van der Waals surface area contributed by atoms with Crippen LogP contribution < -0.4 is 0 Å². The standard InChI is InChI=1S/C15H26O3/c1-3-4-5-6-7-8-9-14(16)11-13-10-12(2)18-15(13)17/h10,12,14,16H,3-9,11H2,1-2H3/t12-,14+/m0/s1. The number of ether oxygens (including phenoxy) is 1. The second-order valence-corrected chi connectivity index (χ2v) is 5.22. The van der Waals surface area contributed by atoms with Crippen LogP contribution in [0.5, 0.6) is 0 Å². The van der Waals surface area contributed by atoms with Crippen LogP contribution in [-0.2, 0) is 9.53 Å². The van der Waals surface area contributed by atoms with Crippen LogP contribution in [-0.4, -0.2) is 23.3 Å². The van der Waals surface area contributed by atoms with Gasteiger partial charge in [0.25, 0.3) is 0 Å². The van der Waals surface area contributed by atoms with Crippen LogP contribution in [0.25, 0.3) is 0 Å². The van der Waals surface area contributed by atoms with E-state index >= 15 is 0 Å². The van der Waals surface area contributed by atoms with Crippen molar-refractivity contribution in [2.45, 2.75) is 77.4 Å². The first-order chi connectivity index (χ1) is 8.63. The highest BCUT2D eigenvalue weighted by molar-refractivity contribution is 5.90. The molecule has 1 heterocycles. The Bertz CT molecular complexity index is 283. The summed E-state index contributed by atoms with van der Waals surface area (Å²) in [4.78, 5) is 11.4. The molecule has 1 aliphatic rings. The van der Waals surface area contributed by atoms with Crippen LogP contribution in [0.3, 0.4) is 0 Å². The van der Waals surface area contributed by atoms with Gasteiger partial charge in [0, 0.05) is 12.0 Å². The number of cyclic esters (lactones) is 1. The number of aliphatic hydroxyl groups is 1. The molecule has 1 N–H and O–H groups in total. The fourth-order valence-corrected chi connectivity index (χ4v) is 2.30. The van der Waals surface area contributed by atoms with Gasteiger partial charge in [-0.3, -0.25) is 0 Å². The zero-order valence-corrected chi connectivity index (χ0v) is 11.7. The summed E-state index contributed by atoms with van der Waals surface area (Å²) in [6.07, 6.45) is 9.84. The molecule has 1 aliphatic heterocycles. The number of hydrogen-bond acceptors (Lipinski definition) is 3. The molecular formula is C15H26O3. The van der Waals surface area contributed by atoms with E-state index in [0.717, 1.165) is 12.8 Å². The second-order valence-electron chi connectivity index (χ2n) is 5.22. The zero-order valence-electron chi connectivity index (χ0n) is 11.7. The van der Waals surface area contributed by atoms with Gasteiger partial charge in [-0.25, -0.2) is 4.79 Å². The van der Waals surface area contributed by atoms with Gasteiger partial charge in [0.1, 0.15) is 6.10 Å². The van der Waals surface area contributed by atoms with Gasteiger partial charge in [0.2, 0.25) is 0 Å². The molecule has 0 unspecified atom stereocenters. The van der Waals surface area contributed by atoms with Gasteiger partial charge < -0.3 is 9.84 Å². The Morgan fingerprint density at radius 3 is 2.56 bits per heavy atom. The van der Waals surface area contributed by atoms with Crippen molar-refractivity contribution in [1.29, 1.82) is 0 Å². The molecule has 0 aromatic rings. The molecule has 3 heteroatoms. The summed E-state index contributed by atoms with van der Waals surface area (Å²) in [6.45, 7) is 4.05. The maximum Gasteiger partial charge on any atom is 0.334 e. The van der Waals surface area contributed by atoms with E-state index in [9.17, 15) is 9.90 Å². The summed E-state index contributed by atoms with van der Waals surface area (Å²) in [5.74, 6) is -0.260. The number of unbranched alkanes of at least 4 members (excludes halogenated alkanes) is 5. The topological polar surface area (TPSA) is 46.5 Å². The van der Waals surface area contributed by atoms with Crippen LogP contribution >= 0.6 is 0 Å². The summed E-state index contributed by atoms with van der Waals surface area (Å²) >= 11 is 0. The number of rotatable bonds is 9. The molecular weight excluding hydrogens is 228 g/mol. The smallest absolute Gasteiger partial charge is 0.334 e. The molecule has 0 saturated carbocycles. The number of carbonyl (C=O) groups excluding carboxylic acids is 1. The van der Waals surface area contributed by atoms with E-state index in [1.54, 1.807) is 0 Å². The van der Waals surface area contributed by atoms with Crippen LogP contribution in [0.2, 0.25) is 0 Å². The van der Waals surface area contributed by atoms with Crippen molar-refractivity contribution in [1.82, 2.24) is 0 Å². The normalized spacial score (nSPS) is 20.7. The maximum atomic E-state index is 11.4. The highest BCUT2D eigenvalue weighted by Crippen LogP contribution is 2.20. The number of aliphatic hydroxyl groups excluding tert-OH is 1. The molecule has 3 nitrogen and oxygen atoms in total. The van der Waals surface area contributed by atoms with Crippen LogP contribution in [0.1, 0.15) is 65.2 Å². The van der Waals surface area contributed by atoms with Crippen molar-refractivity contribution in [3.63, 3.8) is 0 Å². The molecule has 1 rings (SSSR count). The Morgan fingerprint density at radius 1 is 1.28 bits per heavy atom. The van der Waals surface area contributed by atoms with Gasteiger partial charge in [0.15, 0.2) is 0 Å². The lowest BCUT2D eigenvalue weighted by molar-refractivity contribution is -0.139. The van der Waals surface area contributed by atoms with Gasteiger partial charge in [0.05, 0.1) is 6.10 Å². The third-order valence-corrected chi connectivity index (χ3v) is 3.34. The molecule has 104 valence electrons. The number of carbonyl (C=O) groups is 1. The number of hydrogen-bond donors (Lipinski definition) is 1.